The zero-order valence-corrected chi connectivity index (χ0v) is 39.5. The lowest BCUT2D eigenvalue weighted by atomic mass is 9.77. The Balaban J connectivity index is 0.748. The number of urea groups is 1. The SMILES string of the molecule is COc1ccc(C(N)=O)c(-c2c(Cl)c(F)cc3c2[C@H](C)[C@@](/C=C\NC2CCC(C(=O)N4CC(C5CCN(c6ccc7c(N8CCC(=O)NC8=O)nn(C)c7c6)CC5)C4)CC2)(c2ccccc2)O3)c1F. The van der Waals surface area contributed by atoms with Gasteiger partial charge in [0.15, 0.2) is 23.0 Å². The minimum Gasteiger partial charge on any atom is -0.494 e. The molecule has 5 aliphatic rings. The number of methoxy groups -OCH3 is 1. The van der Waals surface area contributed by atoms with Crippen LogP contribution < -0.4 is 35.6 Å². The lowest BCUT2D eigenvalue weighted by Crippen LogP contribution is -2.56. The number of hydrogen-bond acceptors (Lipinski definition) is 9. The van der Waals surface area contributed by atoms with Gasteiger partial charge in [-0.3, -0.25) is 29.3 Å². The second-order valence-electron chi connectivity index (χ2n) is 19.1. The largest absolute Gasteiger partial charge is 0.494 e. The number of hydrogen-bond donors (Lipinski definition) is 3. The molecule has 0 bridgehead atoms. The van der Waals surface area contributed by atoms with Gasteiger partial charge < -0.3 is 30.3 Å². The summed E-state index contributed by atoms with van der Waals surface area (Å²) in [6, 6.07) is 19.2. The molecule has 4 aromatic carbocycles. The summed E-state index contributed by atoms with van der Waals surface area (Å²) in [5, 5.41) is 11.1. The zero-order chi connectivity index (χ0) is 48.3. The highest BCUT2D eigenvalue weighted by molar-refractivity contribution is 6.34. The zero-order valence-electron chi connectivity index (χ0n) is 38.8. The molecule has 69 heavy (non-hydrogen) atoms. The molecule has 4 N–H and O–H groups in total. The normalized spacial score (nSPS) is 23.2. The maximum atomic E-state index is 16.2. The molecule has 1 saturated carbocycles. The quantitative estimate of drug-likeness (QED) is 0.119. The summed E-state index contributed by atoms with van der Waals surface area (Å²) < 4.78 is 45.7. The molecule has 0 unspecified atom stereocenters. The second-order valence-corrected chi connectivity index (χ2v) is 19.5. The van der Waals surface area contributed by atoms with E-state index in [1.807, 2.05) is 62.6 Å². The number of anilines is 2. The number of primary amides is 1. The van der Waals surface area contributed by atoms with Crippen LogP contribution in [0, 0.1) is 29.4 Å². The van der Waals surface area contributed by atoms with Crippen LogP contribution in [0.4, 0.5) is 25.1 Å². The van der Waals surface area contributed by atoms with Crippen LogP contribution in [0.5, 0.6) is 11.5 Å². The lowest BCUT2D eigenvalue weighted by Gasteiger charge is -2.47. The Hall–Kier alpha value is -6.68. The van der Waals surface area contributed by atoms with Gasteiger partial charge in [-0.05, 0) is 98.5 Å². The van der Waals surface area contributed by atoms with Crippen molar-refractivity contribution in [3.8, 4) is 22.6 Å². The van der Waals surface area contributed by atoms with Gasteiger partial charge in [-0.2, -0.15) is 5.10 Å². The summed E-state index contributed by atoms with van der Waals surface area (Å²) in [5.74, 6) is -1.65. The number of nitrogens with two attached hydrogens (primary N) is 1. The fourth-order valence-electron chi connectivity index (χ4n) is 11.4. The smallest absolute Gasteiger partial charge is 0.329 e. The van der Waals surface area contributed by atoms with E-state index in [4.69, 9.17) is 26.8 Å². The predicted octanol–water partition coefficient (Wildman–Crippen LogP) is 8.15. The topological polar surface area (TPSA) is 164 Å². The summed E-state index contributed by atoms with van der Waals surface area (Å²) >= 11 is 6.67. The molecule has 1 aromatic heterocycles. The standard InChI is InChI=1S/C52H55ClF2N8O6/c1-29-43-41(26-38(54)46(53)45(43)44-37(48(56)65)15-16-40(68-3)47(44)55)69-52(29,33-7-5-4-6-8-33)20-21-57-34-11-9-31(10-12-34)50(66)62-27-32(28-62)30-17-22-61(23-18-30)35-13-14-36-39(25-35)60(2)59-49(36)63-24-19-42(64)58-51(63)67/h4-8,13-16,20-21,25-26,29-32,34,57H,9-12,17-19,22-24,27-28H2,1-3H3,(H2,56,65)(H,58,64,67)/b21-20-/t29-,31?,34?,52-/m0/s1. The van der Waals surface area contributed by atoms with Crippen molar-refractivity contribution < 1.29 is 37.4 Å². The van der Waals surface area contributed by atoms with Gasteiger partial charge in [0.05, 0.1) is 23.2 Å². The second kappa shape index (κ2) is 18.3. The van der Waals surface area contributed by atoms with E-state index in [2.05, 4.69) is 37.7 Å². The van der Waals surface area contributed by atoms with Crippen LogP contribution >= 0.6 is 11.6 Å². The fourth-order valence-corrected chi connectivity index (χ4v) is 11.6. The number of nitrogens with one attached hydrogen (secondary N) is 2. The number of carbonyl (C=O) groups is 4. The highest BCUT2D eigenvalue weighted by Crippen LogP contribution is 2.57. The number of carbonyl (C=O) groups excluding carboxylic acids is 4. The molecular formula is C52H55ClF2N8O6. The van der Waals surface area contributed by atoms with E-state index in [1.54, 1.807) is 4.68 Å². The van der Waals surface area contributed by atoms with Crippen molar-refractivity contribution in [2.75, 3.05) is 49.6 Å². The van der Waals surface area contributed by atoms with Crippen LogP contribution in [-0.4, -0.2) is 84.3 Å². The van der Waals surface area contributed by atoms with Gasteiger partial charge in [0.25, 0.3) is 0 Å². The first kappa shape index (κ1) is 46.1. The number of nitrogens with zero attached hydrogens (tertiary/aromatic N) is 5. The highest BCUT2D eigenvalue weighted by atomic mass is 35.5. The summed E-state index contributed by atoms with van der Waals surface area (Å²) in [7, 11) is 3.16. The van der Waals surface area contributed by atoms with Gasteiger partial charge in [0, 0.05) is 97.9 Å². The molecule has 17 heteroatoms. The third-order valence-electron chi connectivity index (χ3n) is 15.3. The third-order valence-corrected chi connectivity index (χ3v) is 15.7. The fraction of sp³-hybridized carbons (Fsp3) is 0.404. The van der Waals surface area contributed by atoms with Gasteiger partial charge in [0.1, 0.15) is 11.6 Å². The maximum Gasteiger partial charge on any atom is 0.329 e. The average molecular weight is 962 g/mol. The van der Waals surface area contributed by atoms with Crippen LogP contribution in [-0.2, 0) is 22.2 Å². The molecule has 5 amide bonds. The Labute approximate surface area is 403 Å². The molecular weight excluding hydrogens is 906 g/mol. The van der Waals surface area contributed by atoms with Crippen molar-refractivity contribution in [1.29, 1.82) is 0 Å². The summed E-state index contributed by atoms with van der Waals surface area (Å²) in [6.07, 6.45) is 9.27. The number of imide groups is 1. The minimum absolute atomic E-state index is 0.0206. The molecule has 4 fully saturated rings. The Morgan fingerprint density at radius 3 is 2.39 bits per heavy atom. The predicted molar refractivity (Wildman–Crippen MR) is 258 cm³/mol. The number of halogens is 3. The van der Waals surface area contributed by atoms with Gasteiger partial charge in [0.2, 0.25) is 17.7 Å². The van der Waals surface area contributed by atoms with E-state index >= 15 is 8.78 Å². The lowest BCUT2D eigenvalue weighted by molar-refractivity contribution is -0.144. The summed E-state index contributed by atoms with van der Waals surface area (Å²) in [4.78, 5) is 56.7. The molecule has 2 atom stereocenters. The molecule has 360 valence electrons. The number of likely N-dealkylation sites (tertiary alicyclic amines) is 1. The van der Waals surface area contributed by atoms with Crippen molar-refractivity contribution in [2.24, 2.45) is 30.5 Å². The van der Waals surface area contributed by atoms with Crippen molar-refractivity contribution in [3.05, 3.63) is 112 Å². The number of benzene rings is 4. The molecule has 10 rings (SSSR count). The molecule has 1 aliphatic carbocycles. The first-order valence-corrected chi connectivity index (χ1v) is 24.1. The van der Waals surface area contributed by atoms with Crippen molar-refractivity contribution in [1.82, 2.24) is 25.3 Å². The molecule has 5 aromatic rings. The van der Waals surface area contributed by atoms with Crippen molar-refractivity contribution >= 4 is 57.8 Å². The van der Waals surface area contributed by atoms with E-state index in [9.17, 15) is 19.2 Å². The summed E-state index contributed by atoms with van der Waals surface area (Å²) in [6.45, 7) is 5.65. The third kappa shape index (κ3) is 8.19. The van der Waals surface area contributed by atoms with E-state index in [0.717, 1.165) is 86.9 Å². The van der Waals surface area contributed by atoms with Crippen LogP contribution in [0.3, 0.4) is 0 Å². The number of aromatic nitrogens is 2. The molecule has 3 saturated heterocycles. The number of rotatable bonds is 11. The number of aryl methyl sites for hydroxylation is 1. The minimum atomic E-state index is -1.18. The first-order valence-electron chi connectivity index (χ1n) is 23.7. The van der Waals surface area contributed by atoms with E-state index < -0.39 is 35.1 Å². The van der Waals surface area contributed by atoms with Gasteiger partial charge in [-0.25, -0.2) is 13.6 Å². The number of fused-ring (bicyclic) bond motifs is 2. The van der Waals surface area contributed by atoms with E-state index in [-0.39, 0.29) is 63.4 Å². The Morgan fingerprint density at radius 2 is 1.70 bits per heavy atom. The molecule has 0 spiro atoms. The first-order chi connectivity index (χ1) is 33.3. The molecule has 4 aliphatic heterocycles. The van der Waals surface area contributed by atoms with Gasteiger partial charge in [-0.1, -0.05) is 48.9 Å². The van der Waals surface area contributed by atoms with E-state index in [1.165, 1.54) is 30.2 Å². The van der Waals surface area contributed by atoms with Crippen molar-refractivity contribution in [2.45, 2.75) is 69.4 Å². The Morgan fingerprint density at radius 1 is 0.957 bits per heavy atom. The molecule has 0 radical (unpaired) electrons. The monoisotopic (exact) mass is 960 g/mol. The number of ether oxygens (including phenoxy) is 2. The van der Waals surface area contributed by atoms with Gasteiger partial charge in [-0.15, -0.1) is 0 Å². The Kier molecular flexibility index (Phi) is 12.2. The molecule has 14 nitrogen and oxygen atoms in total. The average Bonchev–Trinajstić information content (AvgIpc) is 3.81. The summed E-state index contributed by atoms with van der Waals surface area (Å²) in [5.41, 5.74) is 7.32. The Bertz CT molecular complexity index is 2890. The highest BCUT2D eigenvalue weighted by Gasteiger charge is 2.49. The van der Waals surface area contributed by atoms with Crippen LogP contribution in [0.25, 0.3) is 22.0 Å². The number of piperidine rings is 1. The number of amides is 5. The van der Waals surface area contributed by atoms with Crippen molar-refractivity contribution in [3.63, 3.8) is 0 Å². The maximum absolute atomic E-state index is 16.2. The molecule has 5 heterocycles. The van der Waals surface area contributed by atoms with Crippen LogP contribution in [0.2, 0.25) is 5.02 Å². The van der Waals surface area contributed by atoms with Crippen LogP contribution in [0.15, 0.2) is 79.0 Å². The van der Waals surface area contributed by atoms with Gasteiger partial charge >= 0.3 is 6.03 Å². The van der Waals surface area contributed by atoms with Crippen LogP contribution in [0.1, 0.15) is 79.3 Å². The van der Waals surface area contributed by atoms with E-state index in [0.29, 0.717) is 29.8 Å².